The lowest BCUT2D eigenvalue weighted by Gasteiger charge is -2.12. The molecule has 0 spiro atoms. The first kappa shape index (κ1) is 17.3. The van der Waals surface area contributed by atoms with Crippen molar-refractivity contribution in [1.82, 2.24) is 0 Å². The number of hydrogen-bond acceptors (Lipinski definition) is 4. The molecule has 22 heavy (non-hydrogen) atoms. The van der Waals surface area contributed by atoms with Crippen LogP contribution in [0.25, 0.3) is 0 Å². The quantitative estimate of drug-likeness (QED) is 0.606. The van der Waals surface area contributed by atoms with E-state index in [1.54, 1.807) is 43.3 Å². The zero-order valence-corrected chi connectivity index (χ0v) is 12.7. The highest BCUT2D eigenvalue weighted by atomic mass is 16.6. The highest BCUT2D eigenvalue weighted by Crippen LogP contribution is 2.35. The van der Waals surface area contributed by atoms with Crippen LogP contribution in [0, 0.1) is 20.2 Å². The molecule has 2 rings (SSSR count). The van der Waals surface area contributed by atoms with Gasteiger partial charge in [-0.15, -0.1) is 0 Å². The van der Waals surface area contributed by atoms with Crippen molar-refractivity contribution in [2.75, 3.05) is 0 Å². The van der Waals surface area contributed by atoms with Crippen LogP contribution in [-0.2, 0) is 0 Å². The van der Waals surface area contributed by atoms with Crippen molar-refractivity contribution in [3.8, 4) is 0 Å². The Morgan fingerprint density at radius 3 is 1.41 bits per heavy atom. The highest BCUT2D eigenvalue weighted by molar-refractivity contribution is 5.51. The van der Waals surface area contributed by atoms with Gasteiger partial charge in [0.2, 0.25) is 0 Å². The standard InChI is InChI=1S/C14H12N2O4.C2H6/c1-10(11-6-2-4-8-13(11)15(17)18)12-7-3-5-9-14(12)16(19)20;1-2/h2-10H,1H3;1-2H3. The average Bonchev–Trinajstić information content (AvgIpc) is 2.56. The summed E-state index contributed by atoms with van der Waals surface area (Å²) in [5.74, 6) is -0.432. The lowest BCUT2D eigenvalue weighted by Crippen LogP contribution is -2.04. The van der Waals surface area contributed by atoms with E-state index in [2.05, 4.69) is 0 Å². The predicted octanol–water partition coefficient (Wildman–Crippen LogP) is 4.68. The minimum Gasteiger partial charge on any atom is -0.258 e. The Morgan fingerprint density at radius 2 is 1.09 bits per heavy atom. The zero-order chi connectivity index (χ0) is 16.7. The summed E-state index contributed by atoms with van der Waals surface area (Å²) in [6.45, 7) is 5.73. The van der Waals surface area contributed by atoms with Crippen LogP contribution in [0.5, 0.6) is 0 Å². The normalized spacial score (nSPS) is 9.82. The summed E-state index contributed by atoms with van der Waals surface area (Å²) in [5.41, 5.74) is 0.870. The van der Waals surface area contributed by atoms with Crippen LogP contribution in [0.2, 0.25) is 0 Å². The topological polar surface area (TPSA) is 86.3 Å². The third-order valence-corrected chi connectivity index (χ3v) is 3.20. The molecule has 0 amide bonds. The maximum absolute atomic E-state index is 11.0. The van der Waals surface area contributed by atoms with E-state index in [4.69, 9.17) is 0 Å². The van der Waals surface area contributed by atoms with Crippen LogP contribution in [0.3, 0.4) is 0 Å². The van der Waals surface area contributed by atoms with Gasteiger partial charge in [0, 0.05) is 29.2 Å². The summed E-state index contributed by atoms with van der Waals surface area (Å²) in [5, 5.41) is 22.1. The van der Waals surface area contributed by atoms with E-state index in [0.717, 1.165) is 0 Å². The third kappa shape index (κ3) is 3.66. The number of rotatable bonds is 4. The summed E-state index contributed by atoms with van der Waals surface area (Å²) in [7, 11) is 0. The molecular formula is C16H18N2O4. The summed E-state index contributed by atoms with van der Waals surface area (Å²) in [4.78, 5) is 21.2. The van der Waals surface area contributed by atoms with E-state index < -0.39 is 15.8 Å². The molecule has 0 radical (unpaired) electrons. The average molecular weight is 302 g/mol. The van der Waals surface area contributed by atoms with Crippen molar-refractivity contribution in [3.05, 3.63) is 79.9 Å². The molecule has 2 aromatic rings. The van der Waals surface area contributed by atoms with Gasteiger partial charge in [0.1, 0.15) is 0 Å². The lowest BCUT2D eigenvalue weighted by molar-refractivity contribution is -0.386. The molecule has 0 heterocycles. The van der Waals surface area contributed by atoms with E-state index in [0.29, 0.717) is 11.1 Å². The van der Waals surface area contributed by atoms with Crippen LogP contribution in [-0.4, -0.2) is 9.85 Å². The zero-order valence-electron chi connectivity index (χ0n) is 12.7. The van der Waals surface area contributed by atoms with Gasteiger partial charge in [0.15, 0.2) is 0 Å². The predicted molar refractivity (Wildman–Crippen MR) is 85.1 cm³/mol. The molecule has 6 heteroatoms. The van der Waals surface area contributed by atoms with E-state index in [1.165, 1.54) is 12.1 Å². The van der Waals surface area contributed by atoms with Gasteiger partial charge in [-0.1, -0.05) is 57.2 Å². The molecule has 0 fully saturated rings. The lowest BCUT2D eigenvalue weighted by atomic mass is 9.91. The Labute approximate surface area is 128 Å². The second-order valence-electron chi connectivity index (χ2n) is 4.35. The highest BCUT2D eigenvalue weighted by Gasteiger charge is 2.24. The Balaban J connectivity index is 0.00000116. The second kappa shape index (κ2) is 7.87. The minimum absolute atomic E-state index is 0.0295. The molecule has 6 nitrogen and oxygen atoms in total. The Bertz CT molecular complexity index is 613. The van der Waals surface area contributed by atoms with Gasteiger partial charge >= 0.3 is 0 Å². The van der Waals surface area contributed by atoms with Gasteiger partial charge in [-0.3, -0.25) is 20.2 Å². The van der Waals surface area contributed by atoms with Crippen molar-refractivity contribution >= 4 is 11.4 Å². The van der Waals surface area contributed by atoms with E-state index in [9.17, 15) is 20.2 Å². The van der Waals surface area contributed by atoms with Crippen LogP contribution in [0.1, 0.15) is 37.8 Å². The van der Waals surface area contributed by atoms with E-state index in [1.807, 2.05) is 13.8 Å². The molecule has 0 atom stereocenters. The summed E-state index contributed by atoms with van der Waals surface area (Å²) < 4.78 is 0. The first-order valence-corrected chi connectivity index (χ1v) is 6.99. The number of benzene rings is 2. The molecule has 0 aliphatic heterocycles. The van der Waals surface area contributed by atoms with Crippen molar-refractivity contribution in [2.24, 2.45) is 0 Å². The maximum atomic E-state index is 11.0. The van der Waals surface area contributed by atoms with Crippen molar-refractivity contribution in [3.63, 3.8) is 0 Å². The Morgan fingerprint density at radius 1 is 0.773 bits per heavy atom. The van der Waals surface area contributed by atoms with Gasteiger partial charge in [-0.25, -0.2) is 0 Å². The summed E-state index contributed by atoms with van der Waals surface area (Å²) in [6.07, 6.45) is 0. The molecule has 0 bridgehead atoms. The monoisotopic (exact) mass is 302 g/mol. The molecule has 0 saturated heterocycles. The van der Waals surface area contributed by atoms with Gasteiger partial charge in [0.25, 0.3) is 11.4 Å². The fraction of sp³-hybridized carbons (Fsp3) is 0.250. The van der Waals surface area contributed by atoms with Gasteiger partial charge in [-0.05, 0) is 0 Å². The van der Waals surface area contributed by atoms with Gasteiger partial charge in [-0.2, -0.15) is 0 Å². The Kier molecular flexibility index (Phi) is 6.19. The molecular weight excluding hydrogens is 284 g/mol. The van der Waals surface area contributed by atoms with Gasteiger partial charge in [0.05, 0.1) is 9.85 Å². The fourth-order valence-corrected chi connectivity index (χ4v) is 2.21. The largest absolute Gasteiger partial charge is 0.273 e. The SMILES string of the molecule is CC.CC(c1ccccc1[N+](=O)[O-])c1ccccc1[N+](=O)[O-]. The molecule has 116 valence electrons. The van der Waals surface area contributed by atoms with Crippen LogP contribution in [0.4, 0.5) is 11.4 Å². The van der Waals surface area contributed by atoms with Crippen molar-refractivity contribution in [2.45, 2.75) is 26.7 Å². The van der Waals surface area contributed by atoms with Crippen LogP contribution in [0.15, 0.2) is 48.5 Å². The molecule has 0 saturated carbocycles. The molecule has 0 aliphatic carbocycles. The van der Waals surface area contributed by atoms with Crippen LogP contribution < -0.4 is 0 Å². The molecule has 0 aromatic heterocycles. The van der Waals surface area contributed by atoms with E-state index in [-0.39, 0.29) is 11.4 Å². The third-order valence-electron chi connectivity index (χ3n) is 3.20. The number of hydrogen-bond donors (Lipinski definition) is 0. The Hall–Kier alpha value is -2.76. The first-order chi connectivity index (χ1) is 10.5. The maximum Gasteiger partial charge on any atom is 0.273 e. The van der Waals surface area contributed by atoms with Crippen molar-refractivity contribution < 1.29 is 9.85 Å². The summed E-state index contributed by atoms with van der Waals surface area (Å²) >= 11 is 0. The van der Waals surface area contributed by atoms with Crippen molar-refractivity contribution in [1.29, 1.82) is 0 Å². The van der Waals surface area contributed by atoms with Crippen LogP contribution >= 0.6 is 0 Å². The van der Waals surface area contributed by atoms with E-state index >= 15 is 0 Å². The summed E-state index contributed by atoms with van der Waals surface area (Å²) in [6, 6.07) is 12.6. The molecule has 0 aliphatic rings. The number of nitro groups is 2. The molecule has 2 aromatic carbocycles. The first-order valence-electron chi connectivity index (χ1n) is 6.99. The van der Waals surface area contributed by atoms with Gasteiger partial charge < -0.3 is 0 Å². The number of nitrogens with zero attached hydrogens (tertiary/aromatic N) is 2. The smallest absolute Gasteiger partial charge is 0.258 e. The molecule has 0 unspecified atom stereocenters. The second-order valence-corrected chi connectivity index (χ2v) is 4.35. The molecule has 0 N–H and O–H groups in total. The number of para-hydroxylation sites is 2. The minimum atomic E-state index is -0.472. The fourth-order valence-electron chi connectivity index (χ4n) is 2.21. The number of nitro benzene ring substituents is 2.